The number of carbonyl (C=O) groups excluding carboxylic acids is 1. The average Bonchev–Trinajstić information content (AvgIpc) is 3.12. The first-order valence-electron chi connectivity index (χ1n) is 22.2. The zero-order chi connectivity index (χ0) is 39.9. The Bertz CT molecular complexity index is 962. The van der Waals surface area contributed by atoms with Crippen molar-refractivity contribution >= 4 is 13.8 Å². The summed E-state index contributed by atoms with van der Waals surface area (Å²) in [6.45, 7) is 5.58. The van der Waals surface area contributed by atoms with Crippen molar-refractivity contribution in [2.75, 3.05) is 54.1 Å². The van der Waals surface area contributed by atoms with Gasteiger partial charge in [0, 0.05) is 13.0 Å². The van der Waals surface area contributed by atoms with Gasteiger partial charge in [-0.05, 0) is 70.6 Å². The van der Waals surface area contributed by atoms with Crippen molar-refractivity contribution in [2.45, 2.75) is 193 Å². The predicted molar refractivity (Wildman–Crippen MR) is 229 cm³/mol. The SMILES string of the molecule is CCCCCC/C=C\C/C=C\CCCCCCCC(=O)OC(COCCCCCCCC/C=C\CCCCCCCC)COP(=O)(O)OCC[N+](C)(C)C. The van der Waals surface area contributed by atoms with E-state index in [0.717, 1.165) is 57.8 Å². The van der Waals surface area contributed by atoms with E-state index >= 15 is 0 Å². The van der Waals surface area contributed by atoms with E-state index in [1.54, 1.807) is 0 Å². The van der Waals surface area contributed by atoms with Gasteiger partial charge < -0.3 is 18.9 Å². The van der Waals surface area contributed by atoms with Gasteiger partial charge in [0.1, 0.15) is 19.3 Å². The number of carbonyl (C=O) groups is 1. The zero-order valence-electron chi connectivity index (χ0n) is 36.0. The summed E-state index contributed by atoms with van der Waals surface area (Å²) in [6, 6.07) is 0. The molecule has 0 aliphatic heterocycles. The maximum Gasteiger partial charge on any atom is 0.472 e. The highest BCUT2D eigenvalue weighted by atomic mass is 31.2. The highest BCUT2D eigenvalue weighted by molar-refractivity contribution is 7.47. The van der Waals surface area contributed by atoms with E-state index in [0.29, 0.717) is 24.1 Å². The van der Waals surface area contributed by atoms with Crippen molar-refractivity contribution in [3.63, 3.8) is 0 Å². The smallest absolute Gasteiger partial charge is 0.457 e. The van der Waals surface area contributed by atoms with Gasteiger partial charge in [-0.2, -0.15) is 0 Å². The summed E-state index contributed by atoms with van der Waals surface area (Å²) >= 11 is 0. The van der Waals surface area contributed by atoms with Crippen LogP contribution in [0.2, 0.25) is 0 Å². The van der Waals surface area contributed by atoms with Crippen LogP contribution in [-0.2, 0) is 27.9 Å². The molecule has 0 aromatic rings. The lowest BCUT2D eigenvalue weighted by Crippen LogP contribution is -2.37. The van der Waals surface area contributed by atoms with Gasteiger partial charge in [0.05, 0.1) is 34.4 Å². The maximum atomic E-state index is 12.7. The number of phosphoric ester groups is 1. The Morgan fingerprint density at radius 1 is 0.574 bits per heavy atom. The number of nitrogens with zero attached hydrogens (tertiary/aromatic N) is 1. The Hall–Kier alpha value is -1.28. The number of hydrogen-bond donors (Lipinski definition) is 1. The van der Waals surface area contributed by atoms with Crippen LogP contribution < -0.4 is 0 Å². The van der Waals surface area contributed by atoms with Crippen LogP contribution in [0.5, 0.6) is 0 Å². The first-order valence-corrected chi connectivity index (χ1v) is 23.7. The van der Waals surface area contributed by atoms with E-state index in [2.05, 4.69) is 50.3 Å². The van der Waals surface area contributed by atoms with Crippen LogP contribution in [0.4, 0.5) is 0 Å². The molecule has 0 saturated heterocycles. The van der Waals surface area contributed by atoms with Crippen molar-refractivity contribution in [3.8, 4) is 0 Å². The molecule has 9 heteroatoms. The van der Waals surface area contributed by atoms with Crippen LogP contribution in [-0.4, -0.2) is 75.6 Å². The summed E-state index contributed by atoms with van der Waals surface area (Å²) in [5.74, 6) is -0.329. The van der Waals surface area contributed by atoms with Gasteiger partial charge in [0.2, 0.25) is 0 Å². The second-order valence-electron chi connectivity index (χ2n) is 16.1. The van der Waals surface area contributed by atoms with E-state index in [4.69, 9.17) is 18.5 Å². The number of allylic oxidation sites excluding steroid dienone is 6. The standard InChI is InChI=1S/C45H86NO7P/c1-6-8-10-12-14-16-18-20-22-24-26-28-30-32-34-36-38-45(47)53-44(43-52-54(48,49)51-41-39-46(3,4)5)42-50-40-37-35-33-31-29-27-25-23-21-19-17-15-13-11-9-7-2/h16,18,21-24,44H,6-15,17,19-20,25-43H2,1-5H3/p+1/b18-16-,23-21-,24-22-. The van der Waals surface area contributed by atoms with Crippen LogP contribution in [0.25, 0.3) is 0 Å². The van der Waals surface area contributed by atoms with Crippen LogP contribution in [0.15, 0.2) is 36.5 Å². The molecule has 0 spiro atoms. The fourth-order valence-electron chi connectivity index (χ4n) is 5.93. The summed E-state index contributed by atoms with van der Waals surface area (Å²) in [5, 5.41) is 0. The second kappa shape index (κ2) is 38.6. The number of hydrogen-bond acceptors (Lipinski definition) is 6. The van der Waals surface area contributed by atoms with E-state index in [9.17, 15) is 14.3 Å². The summed E-state index contributed by atoms with van der Waals surface area (Å²) < 4.78 is 35.0. The van der Waals surface area contributed by atoms with Crippen molar-refractivity contribution in [3.05, 3.63) is 36.5 Å². The number of likely N-dealkylation sites (N-methyl/N-ethyl adjacent to an activating group) is 1. The lowest BCUT2D eigenvalue weighted by Gasteiger charge is -2.24. The van der Waals surface area contributed by atoms with Crippen LogP contribution in [0.1, 0.15) is 187 Å². The molecule has 0 rings (SSSR count). The summed E-state index contributed by atoms with van der Waals surface area (Å²) in [4.78, 5) is 22.9. The minimum atomic E-state index is -4.28. The zero-order valence-corrected chi connectivity index (χ0v) is 36.9. The molecule has 0 amide bonds. The summed E-state index contributed by atoms with van der Waals surface area (Å²) in [5.41, 5.74) is 0. The number of phosphoric acid groups is 1. The molecule has 0 bridgehead atoms. The van der Waals surface area contributed by atoms with Crippen molar-refractivity contribution in [1.29, 1.82) is 0 Å². The monoisotopic (exact) mass is 785 g/mol. The van der Waals surface area contributed by atoms with E-state index in [1.807, 2.05) is 21.1 Å². The van der Waals surface area contributed by atoms with Gasteiger partial charge in [-0.1, -0.05) is 147 Å². The molecule has 54 heavy (non-hydrogen) atoms. The van der Waals surface area contributed by atoms with Crippen LogP contribution >= 0.6 is 7.82 Å². The molecular weight excluding hydrogens is 697 g/mol. The molecule has 0 aromatic heterocycles. The maximum absolute atomic E-state index is 12.7. The van der Waals surface area contributed by atoms with Crippen molar-refractivity contribution in [2.24, 2.45) is 0 Å². The Morgan fingerprint density at radius 2 is 1.02 bits per heavy atom. The lowest BCUT2D eigenvalue weighted by atomic mass is 10.1. The lowest BCUT2D eigenvalue weighted by molar-refractivity contribution is -0.870. The first-order chi connectivity index (χ1) is 26.1. The molecule has 0 fully saturated rings. The van der Waals surface area contributed by atoms with Crippen LogP contribution in [0.3, 0.4) is 0 Å². The molecule has 0 aliphatic rings. The fourth-order valence-corrected chi connectivity index (χ4v) is 6.67. The summed E-state index contributed by atoms with van der Waals surface area (Å²) in [7, 11) is 1.65. The average molecular weight is 785 g/mol. The summed E-state index contributed by atoms with van der Waals surface area (Å²) in [6.07, 6.45) is 44.6. The van der Waals surface area contributed by atoms with E-state index < -0.39 is 13.9 Å². The second-order valence-corrected chi connectivity index (χ2v) is 17.5. The Balaban J connectivity index is 4.27. The highest BCUT2D eigenvalue weighted by Gasteiger charge is 2.26. The Morgan fingerprint density at radius 3 is 1.54 bits per heavy atom. The third kappa shape index (κ3) is 41.9. The number of unbranched alkanes of at least 4 members (excludes halogenated alkanes) is 21. The molecule has 0 heterocycles. The van der Waals surface area contributed by atoms with Gasteiger partial charge >= 0.3 is 13.8 Å². The van der Waals surface area contributed by atoms with Gasteiger partial charge in [-0.15, -0.1) is 0 Å². The van der Waals surface area contributed by atoms with E-state index in [1.165, 1.54) is 109 Å². The number of rotatable bonds is 41. The highest BCUT2D eigenvalue weighted by Crippen LogP contribution is 2.43. The molecule has 0 radical (unpaired) electrons. The fraction of sp³-hybridized carbons (Fsp3) is 0.844. The number of ether oxygens (including phenoxy) is 2. The topological polar surface area (TPSA) is 91.3 Å². The van der Waals surface area contributed by atoms with Crippen LogP contribution in [0, 0.1) is 0 Å². The number of esters is 1. The van der Waals surface area contributed by atoms with Gasteiger partial charge in [-0.3, -0.25) is 13.8 Å². The third-order valence-corrected chi connectivity index (χ3v) is 10.4. The van der Waals surface area contributed by atoms with Crippen molar-refractivity contribution < 1.29 is 37.3 Å². The van der Waals surface area contributed by atoms with Crippen molar-refractivity contribution in [1.82, 2.24) is 0 Å². The Labute approximate surface area is 334 Å². The molecule has 0 aromatic carbocycles. The largest absolute Gasteiger partial charge is 0.472 e. The van der Waals surface area contributed by atoms with Gasteiger partial charge in [0.25, 0.3) is 0 Å². The number of quaternary nitrogens is 1. The minimum absolute atomic E-state index is 0.0844. The molecule has 2 unspecified atom stereocenters. The molecule has 318 valence electrons. The van der Waals surface area contributed by atoms with Gasteiger partial charge in [-0.25, -0.2) is 4.57 Å². The predicted octanol–water partition coefficient (Wildman–Crippen LogP) is 13.0. The molecule has 0 aliphatic carbocycles. The van der Waals surface area contributed by atoms with Gasteiger partial charge in [0.15, 0.2) is 0 Å². The first kappa shape index (κ1) is 52.7. The molecular formula is C45H87NO7P+. The molecule has 1 N–H and O–H groups in total. The molecule has 2 atom stereocenters. The van der Waals surface area contributed by atoms with E-state index in [-0.39, 0.29) is 25.8 Å². The molecule has 0 saturated carbocycles. The normalized spacial score (nSPS) is 14.1. The Kier molecular flexibility index (Phi) is 37.7. The minimum Gasteiger partial charge on any atom is -0.457 e. The molecule has 8 nitrogen and oxygen atoms in total. The third-order valence-electron chi connectivity index (χ3n) is 9.42. The quantitative estimate of drug-likeness (QED) is 0.0217.